The minimum Gasteiger partial charge on any atom is -0.497 e. The molecule has 39 heavy (non-hydrogen) atoms. The zero-order chi connectivity index (χ0) is 27.1. The van der Waals surface area contributed by atoms with Gasteiger partial charge in [-0.2, -0.15) is 5.10 Å². The van der Waals surface area contributed by atoms with Gasteiger partial charge < -0.3 is 9.47 Å². The second-order valence-corrected chi connectivity index (χ2v) is 12.3. The highest BCUT2D eigenvalue weighted by Gasteiger charge is 2.42. The van der Waals surface area contributed by atoms with Crippen molar-refractivity contribution in [3.63, 3.8) is 0 Å². The molecular weight excluding hydrogens is 512 g/mol. The first-order chi connectivity index (χ1) is 18.9. The summed E-state index contributed by atoms with van der Waals surface area (Å²) in [4.78, 5) is 2.52. The third kappa shape index (κ3) is 4.90. The quantitative estimate of drug-likeness (QED) is 0.352. The summed E-state index contributed by atoms with van der Waals surface area (Å²) in [6.45, 7) is 2.24. The van der Waals surface area contributed by atoms with Gasteiger partial charge in [-0.05, 0) is 60.3 Å². The number of nitrogens with zero attached hydrogens (tertiary/aromatic N) is 3. The van der Waals surface area contributed by atoms with Crippen LogP contribution in [0.4, 0.5) is 0 Å². The minimum absolute atomic E-state index is 0.0919. The second kappa shape index (κ2) is 10.3. The van der Waals surface area contributed by atoms with Crippen LogP contribution in [-0.2, 0) is 17.1 Å². The molecule has 3 fully saturated rings. The maximum Gasteiger partial charge on any atom is 0.244 e. The van der Waals surface area contributed by atoms with Crippen molar-refractivity contribution in [3.8, 4) is 22.8 Å². The molecule has 3 aliphatic rings. The van der Waals surface area contributed by atoms with Crippen LogP contribution in [0.15, 0.2) is 71.6 Å². The summed E-state index contributed by atoms with van der Waals surface area (Å²) >= 11 is 0. The topological polar surface area (TPSA) is 85.7 Å². The summed E-state index contributed by atoms with van der Waals surface area (Å²) in [5.74, 6) is 1.62. The van der Waals surface area contributed by atoms with E-state index >= 15 is 0 Å². The van der Waals surface area contributed by atoms with Gasteiger partial charge in [-0.25, -0.2) is 13.1 Å². The fourth-order valence-corrected chi connectivity index (χ4v) is 7.54. The number of piperidine rings is 3. The smallest absolute Gasteiger partial charge is 0.244 e. The van der Waals surface area contributed by atoms with E-state index < -0.39 is 10.0 Å². The van der Waals surface area contributed by atoms with Crippen LogP contribution in [-0.4, -0.2) is 63.0 Å². The fourth-order valence-electron chi connectivity index (χ4n) is 6.28. The molecule has 9 heteroatoms. The van der Waals surface area contributed by atoms with Gasteiger partial charge in [-0.15, -0.1) is 0 Å². The first-order valence-electron chi connectivity index (χ1n) is 13.3. The molecule has 0 amide bonds. The number of nitrogens with one attached hydrogen (secondary N) is 1. The van der Waals surface area contributed by atoms with Crippen molar-refractivity contribution in [2.24, 2.45) is 13.0 Å². The third-order valence-electron chi connectivity index (χ3n) is 8.39. The van der Waals surface area contributed by atoms with Crippen LogP contribution in [0, 0.1) is 5.92 Å². The predicted molar refractivity (Wildman–Crippen MR) is 152 cm³/mol. The average Bonchev–Trinajstić information content (AvgIpc) is 3.37. The highest BCUT2D eigenvalue weighted by Crippen LogP contribution is 2.42. The number of aromatic nitrogens is 2. The Kier molecular flexibility index (Phi) is 6.82. The maximum absolute atomic E-state index is 13.2. The molecule has 3 saturated heterocycles. The first kappa shape index (κ1) is 25.9. The second-order valence-electron chi connectivity index (χ2n) is 10.5. The number of sulfonamides is 1. The SMILES string of the molecule is COc1ccc(OC)c(S(=O)(=O)NC[C@H]2C[C@@H]3CCN2C[C@@H]3c2cc(-c3ccc4ccccc4c3)nn2C)c1. The molecule has 2 bridgehead atoms. The summed E-state index contributed by atoms with van der Waals surface area (Å²) in [7, 11) is 1.25. The molecule has 0 radical (unpaired) electrons. The largest absolute Gasteiger partial charge is 0.497 e. The van der Waals surface area contributed by atoms with E-state index in [1.165, 1.54) is 36.8 Å². The molecule has 1 N–H and O–H groups in total. The molecule has 3 aliphatic heterocycles. The van der Waals surface area contributed by atoms with Crippen molar-refractivity contribution in [2.45, 2.75) is 29.7 Å². The summed E-state index contributed by atoms with van der Waals surface area (Å²) in [6.07, 6.45) is 2.05. The number of fused-ring (bicyclic) bond motifs is 4. The van der Waals surface area contributed by atoms with E-state index in [9.17, 15) is 8.42 Å². The number of benzene rings is 3. The lowest BCUT2D eigenvalue weighted by atomic mass is 9.74. The van der Waals surface area contributed by atoms with Crippen LogP contribution in [0.5, 0.6) is 11.5 Å². The minimum atomic E-state index is -3.76. The van der Waals surface area contributed by atoms with Crippen molar-refractivity contribution in [1.82, 2.24) is 19.4 Å². The van der Waals surface area contributed by atoms with Gasteiger partial charge in [0.15, 0.2) is 0 Å². The summed E-state index contributed by atoms with van der Waals surface area (Å²) in [5.41, 5.74) is 3.36. The first-order valence-corrected chi connectivity index (χ1v) is 14.8. The van der Waals surface area contributed by atoms with Gasteiger partial charge in [0.2, 0.25) is 10.0 Å². The van der Waals surface area contributed by atoms with E-state index in [2.05, 4.69) is 58.2 Å². The zero-order valence-corrected chi connectivity index (χ0v) is 23.3. The summed E-state index contributed by atoms with van der Waals surface area (Å²) in [6, 6.07) is 22.1. The zero-order valence-electron chi connectivity index (χ0n) is 22.5. The maximum atomic E-state index is 13.2. The third-order valence-corrected chi connectivity index (χ3v) is 9.83. The molecule has 4 heterocycles. The van der Waals surface area contributed by atoms with E-state index in [4.69, 9.17) is 14.6 Å². The molecule has 3 aromatic carbocycles. The Hall–Kier alpha value is -3.40. The Morgan fingerprint density at radius 1 is 1.00 bits per heavy atom. The molecule has 4 atom stereocenters. The standard InChI is InChI=1S/C30H34N4O4S/c1-33-28(17-27(32-33)23-9-8-20-6-4-5-7-21(20)14-23)26-19-34-13-12-22(26)15-24(34)18-31-39(35,36)30-16-25(37-2)10-11-29(30)38-3/h4-11,14,16-17,22,24,26,31H,12-13,15,18-19H2,1-3H3/t22-,24+,26-/m0/s1. The van der Waals surface area contributed by atoms with Crippen LogP contribution in [0.2, 0.25) is 0 Å². The molecule has 0 aliphatic carbocycles. The molecular formula is C30H34N4O4S. The van der Waals surface area contributed by atoms with Crippen LogP contribution in [0.25, 0.3) is 22.0 Å². The predicted octanol–water partition coefficient (Wildman–Crippen LogP) is 4.41. The number of rotatable bonds is 8. The van der Waals surface area contributed by atoms with E-state index in [1.54, 1.807) is 12.1 Å². The van der Waals surface area contributed by atoms with Crippen molar-refractivity contribution in [1.29, 1.82) is 0 Å². The van der Waals surface area contributed by atoms with Gasteiger partial charge in [0.05, 0.1) is 19.9 Å². The lowest BCUT2D eigenvalue weighted by Crippen LogP contribution is -2.56. The van der Waals surface area contributed by atoms with Crippen molar-refractivity contribution < 1.29 is 17.9 Å². The van der Waals surface area contributed by atoms with Gasteiger partial charge in [0, 0.05) is 49.4 Å². The van der Waals surface area contributed by atoms with Crippen LogP contribution in [0.1, 0.15) is 24.5 Å². The highest BCUT2D eigenvalue weighted by molar-refractivity contribution is 7.89. The molecule has 7 rings (SSSR count). The van der Waals surface area contributed by atoms with Gasteiger partial charge in [0.1, 0.15) is 16.4 Å². The molecule has 1 unspecified atom stereocenters. The molecule has 8 nitrogen and oxygen atoms in total. The van der Waals surface area contributed by atoms with E-state index in [1.807, 2.05) is 11.7 Å². The molecule has 204 valence electrons. The normalized spacial score (nSPS) is 22.7. The van der Waals surface area contributed by atoms with Crippen LogP contribution >= 0.6 is 0 Å². The lowest BCUT2D eigenvalue weighted by Gasteiger charge is -2.49. The molecule has 0 spiro atoms. The van der Waals surface area contributed by atoms with Crippen molar-refractivity contribution in [3.05, 3.63) is 72.4 Å². The lowest BCUT2D eigenvalue weighted by molar-refractivity contribution is 0.0306. The van der Waals surface area contributed by atoms with E-state index in [-0.39, 0.29) is 10.9 Å². The number of ether oxygens (including phenoxy) is 2. The highest BCUT2D eigenvalue weighted by atomic mass is 32.2. The number of methoxy groups -OCH3 is 2. The monoisotopic (exact) mass is 546 g/mol. The Morgan fingerprint density at radius 3 is 2.56 bits per heavy atom. The Balaban J connectivity index is 1.17. The molecule has 4 aromatic rings. The fraction of sp³-hybridized carbons (Fsp3) is 0.367. The average molecular weight is 547 g/mol. The van der Waals surface area contributed by atoms with Crippen molar-refractivity contribution >= 4 is 20.8 Å². The molecule has 0 saturated carbocycles. The Bertz CT molecular complexity index is 1620. The van der Waals surface area contributed by atoms with Gasteiger partial charge in [-0.1, -0.05) is 36.4 Å². The number of aryl methyl sites for hydroxylation is 1. The number of hydrogen-bond donors (Lipinski definition) is 1. The van der Waals surface area contributed by atoms with Crippen molar-refractivity contribution in [2.75, 3.05) is 33.9 Å². The van der Waals surface area contributed by atoms with Gasteiger partial charge in [-0.3, -0.25) is 9.58 Å². The van der Waals surface area contributed by atoms with Crippen LogP contribution < -0.4 is 14.2 Å². The van der Waals surface area contributed by atoms with E-state index in [0.717, 1.165) is 37.2 Å². The van der Waals surface area contributed by atoms with Crippen LogP contribution in [0.3, 0.4) is 0 Å². The Morgan fingerprint density at radius 2 is 1.82 bits per heavy atom. The summed E-state index contributed by atoms with van der Waals surface area (Å²) < 4.78 is 41.8. The molecule has 1 aromatic heterocycles. The van der Waals surface area contributed by atoms with E-state index in [0.29, 0.717) is 29.9 Å². The van der Waals surface area contributed by atoms with Gasteiger partial charge in [0.25, 0.3) is 0 Å². The number of hydrogen-bond acceptors (Lipinski definition) is 6. The summed E-state index contributed by atoms with van der Waals surface area (Å²) in [5, 5.41) is 7.32. The van der Waals surface area contributed by atoms with Gasteiger partial charge >= 0.3 is 0 Å². The Labute approximate surface area is 229 Å².